The van der Waals surface area contributed by atoms with Crippen molar-refractivity contribution in [2.75, 3.05) is 6.61 Å². The molecular formula is C10H12N4O2. The molecule has 84 valence electrons. The average molecular weight is 220 g/mol. The Balaban J connectivity index is 2.36. The number of H-pyrrole nitrogens is 1. The van der Waals surface area contributed by atoms with Crippen molar-refractivity contribution in [3.8, 4) is 0 Å². The second-order valence-corrected chi connectivity index (χ2v) is 3.50. The highest BCUT2D eigenvalue weighted by atomic mass is 16.3. The Labute approximate surface area is 91.3 Å². The van der Waals surface area contributed by atoms with E-state index in [0.717, 1.165) is 5.57 Å². The van der Waals surface area contributed by atoms with Gasteiger partial charge in [-0.25, -0.2) is 9.97 Å². The number of rotatable bonds is 4. The maximum Gasteiger partial charge on any atom is 0.278 e. The van der Waals surface area contributed by atoms with Gasteiger partial charge in [0.25, 0.3) is 5.56 Å². The van der Waals surface area contributed by atoms with Gasteiger partial charge in [-0.2, -0.15) is 0 Å². The summed E-state index contributed by atoms with van der Waals surface area (Å²) < 4.78 is 1.74. The number of imidazole rings is 1. The van der Waals surface area contributed by atoms with E-state index in [4.69, 9.17) is 5.11 Å². The lowest BCUT2D eigenvalue weighted by atomic mass is 10.2. The van der Waals surface area contributed by atoms with Gasteiger partial charge in [-0.1, -0.05) is 12.2 Å². The van der Waals surface area contributed by atoms with Gasteiger partial charge in [0.1, 0.15) is 0 Å². The number of nitrogens with zero attached hydrogens (tertiary/aromatic N) is 3. The molecule has 0 atom stereocenters. The van der Waals surface area contributed by atoms with Gasteiger partial charge in [-0.15, -0.1) is 0 Å². The summed E-state index contributed by atoms with van der Waals surface area (Å²) in [4.78, 5) is 21.9. The summed E-state index contributed by atoms with van der Waals surface area (Å²) in [7, 11) is 0. The van der Waals surface area contributed by atoms with Crippen LogP contribution in [0.3, 0.4) is 0 Å². The molecule has 2 aromatic heterocycles. The van der Waals surface area contributed by atoms with Crippen molar-refractivity contribution < 1.29 is 5.11 Å². The molecule has 0 spiro atoms. The fourth-order valence-corrected chi connectivity index (χ4v) is 1.49. The van der Waals surface area contributed by atoms with Crippen LogP contribution in [0.15, 0.2) is 29.6 Å². The van der Waals surface area contributed by atoms with Crippen molar-refractivity contribution in [1.29, 1.82) is 0 Å². The first-order valence-electron chi connectivity index (χ1n) is 4.88. The monoisotopic (exact) mass is 220 g/mol. The van der Waals surface area contributed by atoms with Gasteiger partial charge in [-0.05, 0) is 6.42 Å². The summed E-state index contributed by atoms with van der Waals surface area (Å²) in [5.74, 6) is 0. The predicted molar refractivity (Wildman–Crippen MR) is 59.0 cm³/mol. The van der Waals surface area contributed by atoms with Crippen LogP contribution in [0.2, 0.25) is 0 Å². The average Bonchev–Trinajstić information content (AvgIpc) is 2.64. The van der Waals surface area contributed by atoms with E-state index in [1.165, 1.54) is 6.33 Å². The number of hydrogen-bond donors (Lipinski definition) is 2. The molecule has 2 rings (SSSR count). The highest BCUT2D eigenvalue weighted by Gasteiger charge is 2.07. The molecule has 0 bridgehead atoms. The molecule has 0 aliphatic rings. The van der Waals surface area contributed by atoms with Gasteiger partial charge < -0.3 is 14.7 Å². The van der Waals surface area contributed by atoms with Crippen LogP contribution in [0.4, 0.5) is 0 Å². The number of aliphatic hydroxyl groups excluding tert-OH is 1. The molecule has 16 heavy (non-hydrogen) atoms. The number of hydrogen-bond acceptors (Lipinski definition) is 4. The van der Waals surface area contributed by atoms with E-state index in [1.54, 1.807) is 10.9 Å². The first-order chi connectivity index (χ1) is 7.72. The predicted octanol–water partition coefficient (Wildman–Crippen LogP) is 0.0582. The van der Waals surface area contributed by atoms with Crippen LogP contribution >= 0.6 is 0 Å². The van der Waals surface area contributed by atoms with Gasteiger partial charge in [0.05, 0.1) is 12.7 Å². The van der Waals surface area contributed by atoms with Gasteiger partial charge in [0.15, 0.2) is 11.2 Å². The number of fused-ring (bicyclic) bond motifs is 1. The summed E-state index contributed by atoms with van der Waals surface area (Å²) in [6.45, 7) is 4.40. The maximum absolute atomic E-state index is 11.4. The molecule has 0 unspecified atom stereocenters. The smallest absolute Gasteiger partial charge is 0.278 e. The largest absolute Gasteiger partial charge is 0.396 e. The third kappa shape index (κ3) is 1.87. The Morgan fingerprint density at radius 2 is 2.38 bits per heavy atom. The van der Waals surface area contributed by atoms with Crippen molar-refractivity contribution >= 4 is 11.2 Å². The van der Waals surface area contributed by atoms with Gasteiger partial charge >= 0.3 is 0 Å². The Bertz CT molecular complexity index is 569. The molecule has 0 radical (unpaired) electrons. The van der Waals surface area contributed by atoms with Crippen molar-refractivity contribution in [2.45, 2.75) is 13.0 Å². The SMILES string of the molecule is C=C(CCO)Cn1cnc2c(=O)[nH]cnc21. The third-order valence-corrected chi connectivity index (χ3v) is 2.27. The lowest BCUT2D eigenvalue weighted by molar-refractivity contribution is 0.297. The molecule has 0 aromatic carbocycles. The summed E-state index contributed by atoms with van der Waals surface area (Å²) in [6, 6.07) is 0. The summed E-state index contributed by atoms with van der Waals surface area (Å²) in [6.07, 6.45) is 3.43. The maximum atomic E-state index is 11.4. The summed E-state index contributed by atoms with van der Waals surface area (Å²) in [5.41, 5.74) is 1.46. The first-order valence-corrected chi connectivity index (χ1v) is 4.88. The molecular weight excluding hydrogens is 208 g/mol. The second-order valence-electron chi connectivity index (χ2n) is 3.50. The van der Waals surface area contributed by atoms with Crippen LogP contribution < -0.4 is 5.56 Å². The quantitative estimate of drug-likeness (QED) is 0.713. The van der Waals surface area contributed by atoms with Crippen molar-refractivity contribution in [3.05, 3.63) is 35.2 Å². The topological polar surface area (TPSA) is 83.8 Å². The minimum Gasteiger partial charge on any atom is -0.396 e. The molecule has 2 heterocycles. The molecule has 0 amide bonds. The lowest BCUT2D eigenvalue weighted by Crippen LogP contribution is -2.08. The molecule has 0 saturated heterocycles. The zero-order valence-corrected chi connectivity index (χ0v) is 8.68. The van der Waals surface area contributed by atoms with E-state index in [2.05, 4.69) is 21.5 Å². The van der Waals surface area contributed by atoms with Crippen LogP contribution in [-0.2, 0) is 6.54 Å². The van der Waals surface area contributed by atoms with Gasteiger partial charge in [-0.3, -0.25) is 4.79 Å². The molecule has 0 saturated carbocycles. The fraction of sp³-hybridized carbons (Fsp3) is 0.300. The van der Waals surface area contributed by atoms with Crippen LogP contribution in [0.5, 0.6) is 0 Å². The highest BCUT2D eigenvalue weighted by molar-refractivity contribution is 5.68. The Kier molecular flexibility index (Phi) is 2.82. The van der Waals surface area contributed by atoms with E-state index in [9.17, 15) is 4.79 Å². The van der Waals surface area contributed by atoms with E-state index >= 15 is 0 Å². The molecule has 6 nitrogen and oxygen atoms in total. The molecule has 0 aliphatic carbocycles. The first kappa shape index (κ1) is 10.6. The zero-order chi connectivity index (χ0) is 11.5. The van der Waals surface area contributed by atoms with Gasteiger partial charge in [0.2, 0.25) is 0 Å². The minimum atomic E-state index is -0.253. The van der Waals surface area contributed by atoms with Crippen LogP contribution in [0, 0.1) is 0 Å². The molecule has 2 aromatic rings. The summed E-state index contributed by atoms with van der Waals surface area (Å²) in [5, 5.41) is 8.77. The normalized spacial score (nSPS) is 10.8. The van der Waals surface area contributed by atoms with Crippen LogP contribution in [0.1, 0.15) is 6.42 Å². The Hall–Kier alpha value is -1.95. The third-order valence-electron chi connectivity index (χ3n) is 2.27. The fourth-order valence-electron chi connectivity index (χ4n) is 1.49. The van der Waals surface area contributed by atoms with E-state index in [0.29, 0.717) is 24.1 Å². The number of aromatic nitrogens is 4. The minimum absolute atomic E-state index is 0.0689. The summed E-state index contributed by atoms with van der Waals surface area (Å²) >= 11 is 0. The van der Waals surface area contributed by atoms with Crippen molar-refractivity contribution in [3.63, 3.8) is 0 Å². The standard InChI is InChI=1S/C10H12N4O2/c1-7(2-3-15)4-14-6-13-8-9(14)11-5-12-10(8)16/h5-6,15H,1-4H2,(H,11,12,16). The van der Waals surface area contributed by atoms with Crippen LogP contribution in [-0.4, -0.2) is 31.2 Å². The van der Waals surface area contributed by atoms with E-state index in [1.807, 2.05) is 0 Å². The van der Waals surface area contributed by atoms with Crippen LogP contribution in [0.25, 0.3) is 11.2 Å². The zero-order valence-electron chi connectivity index (χ0n) is 8.68. The molecule has 0 aliphatic heterocycles. The number of aliphatic hydroxyl groups is 1. The Morgan fingerprint density at radius 1 is 1.56 bits per heavy atom. The van der Waals surface area contributed by atoms with E-state index in [-0.39, 0.29) is 12.2 Å². The van der Waals surface area contributed by atoms with Gasteiger partial charge in [0, 0.05) is 13.2 Å². The number of nitrogens with one attached hydrogen (secondary N) is 1. The molecule has 0 fully saturated rings. The molecule has 6 heteroatoms. The van der Waals surface area contributed by atoms with Crippen molar-refractivity contribution in [2.24, 2.45) is 0 Å². The lowest BCUT2D eigenvalue weighted by Gasteiger charge is -2.04. The second kappa shape index (κ2) is 4.28. The number of aromatic amines is 1. The van der Waals surface area contributed by atoms with E-state index < -0.39 is 0 Å². The molecule has 2 N–H and O–H groups in total. The highest BCUT2D eigenvalue weighted by Crippen LogP contribution is 2.08. The van der Waals surface area contributed by atoms with Crippen molar-refractivity contribution in [1.82, 2.24) is 19.5 Å². The Morgan fingerprint density at radius 3 is 3.12 bits per heavy atom.